The fourth-order valence-electron chi connectivity index (χ4n) is 0.203. The molecule has 0 unspecified atom stereocenters. The smallest absolute Gasteiger partial charge is 0.302 e. The first-order valence-electron chi connectivity index (χ1n) is 3.32. The maximum Gasteiger partial charge on any atom is 0.302 e. The van der Waals surface area contributed by atoms with Crippen LogP contribution < -0.4 is 6.15 Å². The number of hydrogen-bond acceptors (Lipinski definition) is 4. The van der Waals surface area contributed by atoms with Crippen LogP contribution in [0.1, 0.15) is 27.7 Å². The number of esters is 1. The Morgan fingerprint density at radius 2 is 1.82 bits per heavy atom. The molecule has 0 fully saturated rings. The van der Waals surface area contributed by atoms with Crippen molar-refractivity contribution < 1.29 is 14.6 Å². The van der Waals surface area contributed by atoms with Crippen LogP contribution in [0.4, 0.5) is 0 Å². The quantitative estimate of drug-likeness (QED) is 0.570. The van der Waals surface area contributed by atoms with E-state index in [-0.39, 0.29) is 18.2 Å². The van der Waals surface area contributed by atoms with E-state index in [0.29, 0.717) is 6.61 Å². The normalized spacial score (nSPS) is 7.45. The number of hydrogen-bond donors (Lipinski definition) is 2. The van der Waals surface area contributed by atoms with E-state index >= 15 is 0 Å². The van der Waals surface area contributed by atoms with Gasteiger partial charge in [-0.15, -0.1) is 0 Å². The van der Waals surface area contributed by atoms with Gasteiger partial charge in [0, 0.05) is 13.0 Å². The highest BCUT2D eigenvalue weighted by Gasteiger charge is 1.81. The molecule has 4 N–H and O–H groups in total. The summed E-state index contributed by atoms with van der Waals surface area (Å²) < 4.78 is 4.40. The van der Waals surface area contributed by atoms with Crippen LogP contribution in [0.25, 0.3) is 0 Å². The number of carbonyl (C=O) groups excluding carboxylic acids is 1. The minimum Gasteiger partial charge on any atom is -0.466 e. The molecule has 0 aromatic rings. The molecule has 0 amide bonds. The molecule has 0 rings (SSSR count). The zero-order chi connectivity index (χ0) is 8.57. The van der Waals surface area contributed by atoms with Crippen LogP contribution in [-0.2, 0) is 9.53 Å². The summed E-state index contributed by atoms with van der Waals surface area (Å²) in [6.07, 6.45) is -0.167. The van der Waals surface area contributed by atoms with Crippen LogP contribution in [0.2, 0.25) is 0 Å². The molecule has 0 spiro atoms. The monoisotopic (exact) mass is 165 g/mol. The van der Waals surface area contributed by atoms with E-state index in [1.807, 2.05) is 0 Å². The molecule has 0 aliphatic heterocycles. The Morgan fingerprint density at radius 3 is 1.82 bits per heavy atom. The van der Waals surface area contributed by atoms with Gasteiger partial charge in [0.05, 0.1) is 6.61 Å². The Kier molecular flexibility index (Phi) is 18.5. The van der Waals surface area contributed by atoms with Gasteiger partial charge in [0.15, 0.2) is 0 Å². The molecule has 4 heteroatoms. The second-order valence-electron chi connectivity index (χ2n) is 2.02. The van der Waals surface area contributed by atoms with Gasteiger partial charge >= 0.3 is 5.97 Å². The predicted molar refractivity (Wildman–Crippen MR) is 44.7 cm³/mol. The minimum absolute atomic E-state index is 0. The van der Waals surface area contributed by atoms with Gasteiger partial charge in [0.25, 0.3) is 0 Å². The molecule has 0 saturated heterocycles. The maximum absolute atomic E-state index is 9.82. The lowest BCUT2D eigenvalue weighted by Crippen LogP contribution is -1.95. The van der Waals surface area contributed by atoms with Crippen molar-refractivity contribution in [1.29, 1.82) is 0 Å². The summed E-state index contributed by atoms with van der Waals surface area (Å²) in [7, 11) is 0. The molecule has 0 aliphatic carbocycles. The first kappa shape index (κ1) is 16.8. The van der Waals surface area contributed by atoms with Crippen LogP contribution in [0, 0.1) is 0 Å². The molecule has 70 valence electrons. The van der Waals surface area contributed by atoms with Crippen molar-refractivity contribution in [3.63, 3.8) is 0 Å². The molecule has 4 nitrogen and oxygen atoms in total. The lowest BCUT2D eigenvalue weighted by atomic mass is 10.5. The van der Waals surface area contributed by atoms with Crippen LogP contribution in [0.15, 0.2) is 0 Å². The van der Waals surface area contributed by atoms with Gasteiger partial charge in [0.2, 0.25) is 0 Å². The van der Waals surface area contributed by atoms with Crippen molar-refractivity contribution in [1.82, 2.24) is 6.15 Å². The highest BCUT2D eigenvalue weighted by atomic mass is 16.5. The maximum atomic E-state index is 9.82. The van der Waals surface area contributed by atoms with E-state index < -0.39 is 0 Å². The van der Waals surface area contributed by atoms with E-state index in [2.05, 4.69) is 4.74 Å². The topological polar surface area (TPSA) is 81.5 Å². The summed E-state index contributed by atoms with van der Waals surface area (Å²) in [6.45, 7) is 7.10. The molecular weight excluding hydrogens is 146 g/mol. The molecule has 0 saturated carbocycles. The Balaban J connectivity index is -0.000000114. The number of rotatable bonds is 1. The van der Waals surface area contributed by atoms with Gasteiger partial charge in [0.1, 0.15) is 0 Å². The minimum atomic E-state index is -0.211. The summed E-state index contributed by atoms with van der Waals surface area (Å²) in [5, 5.41) is 8.06. The molecule has 0 atom stereocenters. The zero-order valence-electron chi connectivity index (χ0n) is 7.76. The van der Waals surface area contributed by atoms with E-state index in [0.717, 1.165) is 0 Å². The van der Waals surface area contributed by atoms with Gasteiger partial charge in [-0.2, -0.15) is 0 Å². The summed E-state index contributed by atoms with van der Waals surface area (Å²) in [5.74, 6) is -0.211. The molecule has 11 heavy (non-hydrogen) atoms. The van der Waals surface area contributed by atoms with Crippen molar-refractivity contribution in [3.8, 4) is 0 Å². The Labute approximate surface area is 68.1 Å². The standard InChI is InChI=1S/C4H8O2.C3H8O.H3N/c1-3-6-4(2)5;1-3(2)4;/h3H2,1-2H3;3-4H,1-2H3;1H3. The first-order valence-corrected chi connectivity index (χ1v) is 3.32. The van der Waals surface area contributed by atoms with Crippen molar-refractivity contribution in [2.75, 3.05) is 6.61 Å². The van der Waals surface area contributed by atoms with Crippen LogP contribution in [-0.4, -0.2) is 23.8 Å². The summed E-state index contributed by atoms with van der Waals surface area (Å²) >= 11 is 0. The average molecular weight is 165 g/mol. The second kappa shape index (κ2) is 12.1. The van der Waals surface area contributed by atoms with Crippen LogP contribution in [0.5, 0.6) is 0 Å². The fraction of sp³-hybridized carbons (Fsp3) is 0.857. The Bertz CT molecular complexity index is 81.0. The first-order chi connectivity index (χ1) is 4.50. The second-order valence-corrected chi connectivity index (χ2v) is 2.02. The molecule has 0 heterocycles. The predicted octanol–water partition coefficient (Wildman–Crippen LogP) is 1.12. The third-order valence-corrected chi connectivity index (χ3v) is 0.348. The van der Waals surface area contributed by atoms with Gasteiger partial charge < -0.3 is 16.0 Å². The highest BCUT2D eigenvalue weighted by Crippen LogP contribution is 1.69. The Morgan fingerprint density at radius 1 is 1.55 bits per heavy atom. The lowest BCUT2D eigenvalue weighted by molar-refractivity contribution is -0.140. The van der Waals surface area contributed by atoms with Crippen molar-refractivity contribution >= 4 is 5.97 Å². The number of carbonyl (C=O) groups is 1. The van der Waals surface area contributed by atoms with Crippen molar-refractivity contribution in [3.05, 3.63) is 0 Å². The van der Waals surface area contributed by atoms with Crippen LogP contribution >= 0.6 is 0 Å². The fourth-order valence-corrected chi connectivity index (χ4v) is 0.203. The molecular formula is C7H19NO3. The van der Waals surface area contributed by atoms with Crippen molar-refractivity contribution in [2.45, 2.75) is 33.8 Å². The molecule has 0 aromatic heterocycles. The van der Waals surface area contributed by atoms with E-state index in [4.69, 9.17) is 5.11 Å². The number of ether oxygens (including phenoxy) is 1. The number of aliphatic hydroxyl groups excluding tert-OH is 1. The van der Waals surface area contributed by atoms with Gasteiger partial charge in [-0.3, -0.25) is 4.79 Å². The summed E-state index contributed by atoms with van der Waals surface area (Å²) in [6, 6.07) is 0. The molecule has 0 aromatic carbocycles. The highest BCUT2D eigenvalue weighted by molar-refractivity contribution is 5.65. The SMILES string of the molecule is CC(C)O.CCOC(C)=O.N. The average Bonchev–Trinajstić information content (AvgIpc) is 1.62. The summed E-state index contributed by atoms with van der Waals surface area (Å²) in [5.41, 5.74) is 0. The van der Waals surface area contributed by atoms with Crippen LogP contribution in [0.3, 0.4) is 0 Å². The summed E-state index contributed by atoms with van der Waals surface area (Å²) in [4.78, 5) is 9.82. The molecule has 0 bridgehead atoms. The number of aliphatic hydroxyl groups is 1. The van der Waals surface area contributed by atoms with Gasteiger partial charge in [-0.25, -0.2) is 0 Å². The third kappa shape index (κ3) is 89.8. The zero-order valence-corrected chi connectivity index (χ0v) is 7.76. The molecule has 0 radical (unpaired) electrons. The van der Waals surface area contributed by atoms with Gasteiger partial charge in [-0.05, 0) is 20.8 Å². The Hall–Kier alpha value is -0.610. The van der Waals surface area contributed by atoms with Gasteiger partial charge in [-0.1, -0.05) is 0 Å². The van der Waals surface area contributed by atoms with E-state index in [1.165, 1.54) is 6.92 Å². The van der Waals surface area contributed by atoms with E-state index in [1.54, 1.807) is 20.8 Å². The third-order valence-electron chi connectivity index (χ3n) is 0.348. The largest absolute Gasteiger partial charge is 0.466 e. The molecule has 0 aliphatic rings. The van der Waals surface area contributed by atoms with E-state index in [9.17, 15) is 4.79 Å². The van der Waals surface area contributed by atoms with Crippen molar-refractivity contribution in [2.24, 2.45) is 0 Å². The lowest BCUT2D eigenvalue weighted by Gasteiger charge is -1.89.